The van der Waals surface area contributed by atoms with Gasteiger partial charge in [0, 0.05) is 25.0 Å². The van der Waals surface area contributed by atoms with E-state index < -0.39 is 0 Å². The third kappa shape index (κ3) is 3.87. The Hall–Kier alpha value is -1.73. The van der Waals surface area contributed by atoms with Crippen molar-refractivity contribution in [3.63, 3.8) is 0 Å². The average Bonchev–Trinajstić information content (AvgIpc) is 2.89. The Morgan fingerprint density at radius 1 is 1.42 bits per heavy atom. The zero-order valence-electron chi connectivity index (χ0n) is 10.7. The van der Waals surface area contributed by atoms with Crippen molar-refractivity contribution in [2.75, 3.05) is 18.5 Å². The lowest BCUT2D eigenvalue weighted by Crippen LogP contribution is -2.23. The summed E-state index contributed by atoms with van der Waals surface area (Å²) >= 11 is 5.88. The van der Waals surface area contributed by atoms with E-state index in [2.05, 4.69) is 25.4 Å². The van der Waals surface area contributed by atoms with Gasteiger partial charge >= 0.3 is 0 Å². The molecule has 8 heteroatoms. The topological polar surface area (TPSA) is 77.8 Å². The van der Waals surface area contributed by atoms with E-state index in [0.29, 0.717) is 25.1 Å². The molecule has 0 aliphatic heterocycles. The number of hydrogen-bond acceptors (Lipinski definition) is 6. The maximum atomic E-state index is 5.88. The Labute approximate surface area is 116 Å². The fraction of sp³-hybridized carbons (Fsp3) is 0.455. The number of aromatic nitrogens is 5. The molecule has 0 aliphatic carbocycles. The lowest BCUT2D eigenvalue weighted by atomic mass is 10.4. The molecule has 0 fully saturated rings. The summed E-state index contributed by atoms with van der Waals surface area (Å²) in [6.07, 6.45) is 3.38. The van der Waals surface area contributed by atoms with Gasteiger partial charge in [0.25, 0.3) is 5.95 Å². The first kappa shape index (κ1) is 13.7. The highest BCUT2D eigenvalue weighted by Gasteiger charge is 2.09. The predicted molar refractivity (Wildman–Crippen MR) is 71.5 cm³/mol. The summed E-state index contributed by atoms with van der Waals surface area (Å²) in [5, 5.41) is 7.27. The monoisotopic (exact) mass is 282 g/mol. The molecule has 0 saturated carbocycles. The van der Waals surface area contributed by atoms with Gasteiger partial charge in [0.15, 0.2) is 0 Å². The number of nitrogens with one attached hydrogen (secondary N) is 1. The number of hydrogen-bond donors (Lipinski definition) is 1. The van der Waals surface area contributed by atoms with Crippen molar-refractivity contribution in [2.45, 2.75) is 19.9 Å². The van der Waals surface area contributed by atoms with Crippen molar-refractivity contribution < 1.29 is 4.74 Å². The lowest BCUT2D eigenvalue weighted by molar-refractivity contribution is 0.141. The smallest absolute Gasteiger partial charge is 0.256 e. The van der Waals surface area contributed by atoms with Gasteiger partial charge in [-0.1, -0.05) is 0 Å². The van der Waals surface area contributed by atoms with E-state index in [4.69, 9.17) is 16.3 Å². The summed E-state index contributed by atoms with van der Waals surface area (Å²) in [7, 11) is 0. The maximum absolute atomic E-state index is 5.88. The van der Waals surface area contributed by atoms with E-state index in [1.807, 2.05) is 13.8 Å². The van der Waals surface area contributed by atoms with Gasteiger partial charge in [0.05, 0.1) is 6.61 Å². The predicted octanol–water partition coefficient (Wildman–Crippen LogP) is 1.55. The van der Waals surface area contributed by atoms with Gasteiger partial charge in [0.1, 0.15) is 0 Å². The summed E-state index contributed by atoms with van der Waals surface area (Å²) in [4.78, 5) is 12.3. The van der Waals surface area contributed by atoms with Gasteiger partial charge in [-0.05, 0) is 31.5 Å². The van der Waals surface area contributed by atoms with Crippen LogP contribution in [0.4, 0.5) is 5.95 Å². The van der Waals surface area contributed by atoms with Crippen LogP contribution >= 0.6 is 11.6 Å². The van der Waals surface area contributed by atoms with Crippen LogP contribution in [0.1, 0.15) is 13.8 Å². The molecule has 0 radical (unpaired) electrons. The standard InChI is InChI=1S/C11H15ClN6O/c1-3-19-7-8(2)14-10-15-9(12)16-11(17-10)18-6-4-5-13-18/h4-6,8H,3,7H2,1-2H3,(H,14,15,16,17). The van der Waals surface area contributed by atoms with Crippen LogP contribution in [-0.4, -0.2) is 44.0 Å². The number of anilines is 1. The molecular formula is C11H15ClN6O. The highest BCUT2D eigenvalue weighted by Crippen LogP contribution is 2.09. The normalized spacial score (nSPS) is 12.4. The first-order valence-corrected chi connectivity index (χ1v) is 6.32. The van der Waals surface area contributed by atoms with Crippen molar-refractivity contribution in [1.82, 2.24) is 24.7 Å². The molecule has 19 heavy (non-hydrogen) atoms. The molecule has 2 aromatic rings. The van der Waals surface area contributed by atoms with Crippen LogP contribution < -0.4 is 5.32 Å². The van der Waals surface area contributed by atoms with Crippen LogP contribution in [0, 0.1) is 0 Å². The third-order valence-corrected chi connectivity index (χ3v) is 2.42. The molecule has 1 atom stereocenters. The zero-order chi connectivity index (χ0) is 13.7. The molecule has 2 aromatic heterocycles. The second-order valence-electron chi connectivity index (χ2n) is 3.88. The van der Waals surface area contributed by atoms with Crippen LogP contribution in [0.25, 0.3) is 5.95 Å². The summed E-state index contributed by atoms with van der Waals surface area (Å²) in [5.74, 6) is 0.772. The molecule has 0 bridgehead atoms. The molecule has 0 amide bonds. The van der Waals surface area contributed by atoms with E-state index in [1.54, 1.807) is 18.5 Å². The highest BCUT2D eigenvalue weighted by atomic mass is 35.5. The van der Waals surface area contributed by atoms with Crippen molar-refractivity contribution >= 4 is 17.5 Å². The summed E-state index contributed by atoms with van der Waals surface area (Å²) in [5.41, 5.74) is 0. The number of halogens is 1. The lowest BCUT2D eigenvalue weighted by Gasteiger charge is -2.13. The number of ether oxygens (including phenoxy) is 1. The Morgan fingerprint density at radius 2 is 2.26 bits per heavy atom. The molecule has 7 nitrogen and oxygen atoms in total. The van der Waals surface area contributed by atoms with E-state index in [1.165, 1.54) is 4.68 Å². The molecule has 0 spiro atoms. The molecule has 1 unspecified atom stereocenters. The molecule has 1 N–H and O–H groups in total. The molecule has 0 saturated heterocycles. The second kappa shape index (κ2) is 6.44. The highest BCUT2D eigenvalue weighted by molar-refractivity contribution is 6.28. The maximum Gasteiger partial charge on any atom is 0.256 e. The van der Waals surface area contributed by atoms with E-state index >= 15 is 0 Å². The van der Waals surface area contributed by atoms with Gasteiger partial charge in [-0.15, -0.1) is 0 Å². The van der Waals surface area contributed by atoms with E-state index in [0.717, 1.165) is 0 Å². The average molecular weight is 283 g/mol. The molecule has 2 heterocycles. The fourth-order valence-electron chi connectivity index (χ4n) is 1.45. The van der Waals surface area contributed by atoms with Gasteiger partial charge in [0.2, 0.25) is 11.2 Å². The minimum atomic E-state index is 0.0730. The van der Waals surface area contributed by atoms with Crippen LogP contribution in [0.3, 0.4) is 0 Å². The fourth-order valence-corrected chi connectivity index (χ4v) is 1.61. The number of nitrogens with zero attached hydrogens (tertiary/aromatic N) is 5. The van der Waals surface area contributed by atoms with E-state index in [-0.39, 0.29) is 11.3 Å². The van der Waals surface area contributed by atoms with Crippen LogP contribution in [0.5, 0.6) is 0 Å². The minimum Gasteiger partial charge on any atom is -0.380 e. The quantitative estimate of drug-likeness (QED) is 0.866. The van der Waals surface area contributed by atoms with Crippen molar-refractivity contribution in [1.29, 1.82) is 0 Å². The third-order valence-electron chi connectivity index (χ3n) is 2.25. The summed E-state index contributed by atoms with van der Waals surface area (Å²) in [6.45, 7) is 5.16. The largest absolute Gasteiger partial charge is 0.380 e. The van der Waals surface area contributed by atoms with Gasteiger partial charge < -0.3 is 10.1 Å². The minimum absolute atomic E-state index is 0.0730. The second-order valence-corrected chi connectivity index (χ2v) is 4.22. The van der Waals surface area contributed by atoms with Gasteiger partial charge in [-0.3, -0.25) is 0 Å². The Balaban J connectivity index is 2.13. The summed E-state index contributed by atoms with van der Waals surface area (Å²) < 4.78 is 6.84. The Bertz CT molecular complexity index is 518. The van der Waals surface area contributed by atoms with Crippen molar-refractivity contribution in [3.8, 4) is 5.95 Å². The molecule has 0 aromatic carbocycles. The van der Waals surface area contributed by atoms with Crippen LogP contribution in [0.15, 0.2) is 18.5 Å². The van der Waals surface area contributed by atoms with E-state index in [9.17, 15) is 0 Å². The van der Waals surface area contributed by atoms with Crippen molar-refractivity contribution in [2.24, 2.45) is 0 Å². The molecule has 0 aliphatic rings. The first-order chi connectivity index (χ1) is 9.19. The Morgan fingerprint density at radius 3 is 2.95 bits per heavy atom. The summed E-state index contributed by atoms with van der Waals surface area (Å²) in [6, 6.07) is 1.85. The van der Waals surface area contributed by atoms with Crippen LogP contribution in [0.2, 0.25) is 5.28 Å². The number of rotatable bonds is 6. The van der Waals surface area contributed by atoms with Crippen molar-refractivity contribution in [3.05, 3.63) is 23.7 Å². The zero-order valence-corrected chi connectivity index (χ0v) is 11.5. The van der Waals surface area contributed by atoms with Gasteiger partial charge in [-0.2, -0.15) is 20.1 Å². The SMILES string of the molecule is CCOCC(C)Nc1nc(Cl)nc(-n2cccn2)n1. The molecule has 2 rings (SSSR count). The first-order valence-electron chi connectivity index (χ1n) is 5.95. The van der Waals surface area contributed by atoms with Gasteiger partial charge in [-0.25, -0.2) is 4.68 Å². The molecule has 102 valence electrons. The Kier molecular flexibility index (Phi) is 4.64. The van der Waals surface area contributed by atoms with Crippen LogP contribution in [-0.2, 0) is 4.74 Å². The molecular weight excluding hydrogens is 268 g/mol.